The number of nitrogens with one attached hydrogen (secondary N) is 1. The van der Waals surface area contributed by atoms with Gasteiger partial charge in [-0.15, -0.1) is 0 Å². The summed E-state index contributed by atoms with van der Waals surface area (Å²) in [6.45, 7) is 1.83. The molecule has 2 rings (SSSR count). The number of carbonyl (C=O) groups excluding carboxylic acids is 1. The van der Waals surface area contributed by atoms with Gasteiger partial charge in [0.1, 0.15) is 10.1 Å². The number of hydrogen-bond donors (Lipinski definition) is 2. The Balaban J connectivity index is 2.46. The zero-order chi connectivity index (χ0) is 12.6. The Morgan fingerprint density at radius 1 is 1.53 bits per heavy atom. The molecule has 6 heteroatoms. The van der Waals surface area contributed by atoms with Crippen LogP contribution in [0.15, 0.2) is 17.0 Å². The van der Waals surface area contributed by atoms with Gasteiger partial charge in [0.25, 0.3) is 5.91 Å². The van der Waals surface area contributed by atoms with E-state index in [1.165, 1.54) is 11.8 Å². The lowest BCUT2D eigenvalue weighted by Gasteiger charge is -2.04. The first-order valence-corrected chi connectivity index (χ1v) is 7.01. The summed E-state index contributed by atoms with van der Waals surface area (Å²) in [5.74, 6) is -0.0138. The fraction of sp³-hybridized carbons (Fsp3) is 0.0909. The van der Waals surface area contributed by atoms with Gasteiger partial charge in [-0.2, -0.15) is 0 Å². The van der Waals surface area contributed by atoms with Crippen LogP contribution in [0, 0.1) is 10.5 Å². The number of rotatable bonds is 1. The van der Waals surface area contributed by atoms with Crippen molar-refractivity contribution in [2.45, 2.75) is 6.92 Å². The van der Waals surface area contributed by atoms with Crippen molar-refractivity contribution in [2.24, 2.45) is 0 Å². The van der Waals surface area contributed by atoms with Crippen LogP contribution in [0.2, 0.25) is 0 Å². The predicted octanol–water partition coefficient (Wildman–Crippen LogP) is 2.79. The van der Waals surface area contributed by atoms with Crippen LogP contribution >= 0.6 is 46.6 Å². The third-order valence-corrected chi connectivity index (χ3v) is 4.01. The van der Waals surface area contributed by atoms with E-state index in [2.05, 4.69) is 27.9 Å². The van der Waals surface area contributed by atoms with Crippen molar-refractivity contribution in [3.63, 3.8) is 0 Å². The average Bonchev–Trinajstić information content (AvgIpc) is 2.53. The first kappa shape index (κ1) is 12.8. The van der Waals surface area contributed by atoms with Crippen molar-refractivity contribution in [2.75, 3.05) is 0 Å². The fourth-order valence-electron chi connectivity index (χ4n) is 1.43. The van der Waals surface area contributed by atoms with Crippen LogP contribution < -0.4 is 5.32 Å². The Morgan fingerprint density at radius 2 is 2.24 bits per heavy atom. The molecule has 1 fully saturated rings. The van der Waals surface area contributed by atoms with E-state index in [-0.39, 0.29) is 11.7 Å². The molecule has 0 spiro atoms. The zero-order valence-corrected chi connectivity index (χ0v) is 12.6. The molecule has 1 amide bonds. The molecule has 1 heterocycles. The van der Waals surface area contributed by atoms with Crippen LogP contribution in [0.25, 0.3) is 6.08 Å². The quantitative estimate of drug-likeness (QED) is 0.449. The minimum atomic E-state index is -0.212. The number of aryl methyl sites for hydroxylation is 1. The monoisotopic (exact) mass is 377 g/mol. The smallest absolute Gasteiger partial charge is 0.263 e. The van der Waals surface area contributed by atoms with Crippen LogP contribution in [0.4, 0.5) is 0 Å². The highest BCUT2D eigenvalue weighted by molar-refractivity contribution is 14.1. The maximum Gasteiger partial charge on any atom is 0.263 e. The SMILES string of the molecule is Cc1cc(I)cc(C=C2SC(=S)NC2=O)c1O. The van der Waals surface area contributed by atoms with Crippen LogP contribution in [0.5, 0.6) is 5.75 Å². The van der Waals surface area contributed by atoms with E-state index in [1.54, 1.807) is 6.08 Å². The molecule has 17 heavy (non-hydrogen) atoms. The molecule has 1 aliphatic rings. The molecule has 1 aliphatic heterocycles. The number of aromatic hydroxyl groups is 1. The summed E-state index contributed by atoms with van der Waals surface area (Å²) in [5.41, 5.74) is 1.42. The molecular formula is C11H8INO2S2. The minimum absolute atomic E-state index is 0.198. The third kappa shape index (κ3) is 2.80. The topological polar surface area (TPSA) is 49.3 Å². The maximum absolute atomic E-state index is 11.5. The van der Waals surface area contributed by atoms with Gasteiger partial charge in [0.15, 0.2) is 0 Å². The van der Waals surface area contributed by atoms with Crippen molar-refractivity contribution in [1.82, 2.24) is 5.32 Å². The number of hydrogen-bond acceptors (Lipinski definition) is 4. The fourth-order valence-corrected chi connectivity index (χ4v) is 3.27. The van der Waals surface area contributed by atoms with E-state index in [1.807, 2.05) is 19.1 Å². The summed E-state index contributed by atoms with van der Waals surface area (Å²) in [7, 11) is 0. The highest BCUT2D eigenvalue weighted by Gasteiger charge is 2.22. The van der Waals surface area contributed by atoms with E-state index < -0.39 is 0 Å². The number of carbonyl (C=O) groups is 1. The lowest BCUT2D eigenvalue weighted by atomic mass is 10.1. The lowest BCUT2D eigenvalue weighted by Crippen LogP contribution is -2.17. The van der Waals surface area contributed by atoms with Crippen molar-refractivity contribution in [3.8, 4) is 5.75 Å². The second kappa shape index (κ2) is 4.95. The molecule has 0 radical (unpaired) electrons. The number of benzene rings is 1. The van der Waals surface area contributed by atoms with Gasteiger partial charge in [0.2, 0.25) is 0 Å². The first-order valence-electron chi connectivity index (χ1n) is 4.71. The van der Waals surface area contributed by atoms with Crippen LogP contribution in [-0.2, 0) is 4.79 Å². The molecule has 1 aromatic carbocycles. The number of phenols is 1. The van der Waals surface area contributed by atoms with E-state index in [0.29, 0.717) is 14.8 Å². The van der Waals surface area contributed by atoms with Crippen LogP contribution in [0.3, 0.4) is 0 Å². The number of thiocarbonyl (C=S) groups is 1. The van der Waals surface area contributed by atoms with Gasteiger partial charge < -0.3 is 10.4 Å². The molecular weight excluding hydrogens is 369 g/mol. The van der Waals surface area contributed by atoms with Gasteiger partial charge in [-0.3, -0.25) is 4.79 Å². The molecule has 1 saturated heterocycles. The molecule has 88 valence electrons. The van der Waals surface area contributed by atoms with Gasteiger partial charge in [-0.25, -0.2) is 0 Å². The van der Waals surface area contributed by atoms with E-state index in [4.69, 9.17) is 12.2 Å². The summed E-state index contributed by atoms with van der Waals surface area (Å²) in [4.78, 5) is 12.0. The zero-order valence-electron chi connectivity index (χ0n) is 8.78. The molecule has 3 nitrogen and oxygen atoms in total. The third-order valence-electron chi connectivity index (χ3n) is 2.22. The van der Waals surface area contributed by atoms with Gasteiger partial charge in [-0.05, 0) is 53.3 Å². The number of phenolic OH excluding ortho intramolecular Hbond substituents is 1. The summed E-state index contributed by atoms with van der Waals surface area (Å²) >= 11 is 8.28. The van der Waals surface area contributed by atoms with Crippen molar-refractivity contribution < 1.29 is 9.90 Å². The molecule has 0 aromatic heterocycles. The Labute approximate surface area is 122 Å². The molecule has 0 unspecified atom stereocenters. The normalized spacial score (nSPS) is 17.6. The van der Waals surface area contributed by atoms with E-state index >= 15 is 0 Å². The van der Waals surface area contributed by atoms with Gasteiger partial charge in [0.05, 0.1) is 4.91 Å². The summed E-state index contributed by atoms with van der Waals surface area (Å²) in [6.07, 6.45) is 1.66. The second-order valence-electron chi connectivity index (χ2n) is 3.51. The van der Waals surface area contributed by atoms with E-state index in [0.717, 1.165) is 9.13 Å². The molecule has 0 bridgehead atoms. The van der Waals surface area contributed by atoms with Crippen molar-refractivity contribution >= 4 is 62.9 Å². The standard InChI is InChI=1S/C11H8INO2S2/c1-5-2-7(12)3-6(9(5)14)4-8-10(15)13-11(16)17-8/h2-4,14H,1H3,(H,13,15,16). The molecule has 0 saturated carbocycles. The number of thioether (sulfide) groups is 1. The number of amides is 1. The maximum atomic E-state index is 11.5. The predicted molar refractivity (Wildman–Crippen MR) is 81.9 cm³/mol. The van der Waals surface area contributed by atoms with Crippen LogP contribution in [-0.4, -0.2) is 15.3 Å². The summed E-state index contributed by atoms with van der Waals surface area (Å²) in [6, 6.07) is 3.70. The Morgan fingerprint density at radius 3 is 2.82 bits per heavy atom. The van der Waals surface area contributed by atoms with Gasteiger partial charge >= 0.3 is 0 Å². The lowest BCUT2D eigenvalue weighted by molar-refractivity contribution is -0.115. The minimum Gasteiger partial charge on any atom is -0.507 e. The Bertz CT molecular complexity index is 555. The highest BCUT2D eigenvalue weighted by atomic mass is 127. The van der Waals surface area contributed by atoms with Crippen molar-refractivity contribution in [3.05, 3.63) is 31.7 Å². The second-order valence-corrected chi connectivity index (χ2v) is 6.48. The molecule has 0 atom stereocenters. The molecule has 1 aromatic rings. The van der Waals surface area contributed by atoms with E-state index in [9.17, 15) is 9.90 Å². The number of halogens is 1. The largest absolute Gasteiger partial charge is 0.507 e. The Kier molecular flexibility index (Phi) is 3.74. The molecule has 2 N–H and O–H groups in total. The summed E-state index contributed by atoms with van der Waals surface area (Å²) in [5, 5.41) is 12.5. The van der Waals surface area contributed by atoms with Gasteiger partial charge in [0, 0.05) is 9.13 Å². The summed E-state index contributed by atoms with van der Waals surface area (Å²) < 4.78 is 1.46. The van der Waals surface area contributed by atoms with Crippen LogP contribution in [0.1, 0.15) is 11.1 Å². The Hall–Kier alpha value is -0.600. The first-order chi connectivity index (χ1) is 7.97. The van der Waals surface area contributed by atoms with Crippen molar-refractivity contribution in [1.29, 1.82) is 0 Å². The average molecular weight is 377 g/mol. The molecule has 0 aliphatic carbocycles. The highest BCUT2D eigenvalue weighted by Crippen LogP contribution is 2.31. The van der Waals surface area contributed by atoms with Gasteiger partial charge in [-0.1, -0.05) is 24.0 Å².